The zero-order chi connectivity index (χ0) is 26.5. The molecule has 4 N–H and O–H groups in total. The molecule has 8 nitrogen and oxygen atoms in total. The van der Waals surface area contributed by atoms with E-state index < -0.39 is 0 Å². The van der Waals surface area contributed by atoms with Crippen LogP contribution in [0.3, 0.4) is 0 Å². The van der Waals surface area contributed by atoms with Crippen LogP contribution in [-0.2, 0) is 0 Å². The molecule has 0 radical (unpaired) electrons. The summed E-state index contributed by atoms with van der Waals surface area (Å²) in [6, 6.07) is 30.7. The smallest absolute Gasteiger partial charge is 0.167 e. The molecule has 0 bridgehead atoms. The first-order valence-corrected chi connectivity index (χ1v) is 11.6. The number of nitrogens with zero attached hydrogens (tertiary/aromatic N) is 2. The lowest BCUT2D eigenvalue weighted by molar-refractivity contribution is 0.433. The quantitative estimate of drug-likeness (QED) is 0.204. The number of benzene rings is 4. The summed E-state index contributed by atoms with van der Waals surface area (Å²) in [4.78, 5) is 0. The Labute approximate surface area is 217 Å². The lowest BCUT2D eigenvalue weighted by Gasteiger charge is -1.97. The second kappa shape index (κ2) is 10.6. The van der Waals surface area contributed by atoms with Gasteiger partial charge < -0.3 is 29.5 Å². The van der Waals surface area contributed by atoms with Crippen LogP contribution in [0.4, 0.5) is 0 Å². The number of aromatic nitrogens is 2. The number of phenolic OH excluding ortho intramolecular Hbond substituents is 4. The molecule has 2 heterocycles. The molecule has 4 aromatic carbocycles. The molecule has 0 aliphatic carbocycles. The van der Waals surface area contributed by atoms with Gasteiger partial charge in [0.2, 0.25) is 0 Å². The van der Waals surface area contributed by atoms with Crippen molar-refractivity contribution in [2.24, 2.45) is 0 Å². The van der Waals surface area contributed by atoms with Crippen molar-refractivity contribution in [3.05, 3.63) is 109 Å². The summed E-state index contributed by atoms with van der Waals surface area (Å²) in [5, 5.41) is 45.9. The second-order valence-electron chi connectivity index (χ2n) is 8.28. The van der Waals surface area contributed by atoms with E-state index in [1.807, 2.05) is 12.1 Å². The van der Waals surface area contributed by atoms with Crippen molar-refractivity contribution in [1.29, 1.82) is 0 Å². The zero-order valence-electron chi connectivity index (χ0n) is 19.9. The highest BCUT2D eigenvalue weighted by Crippen LogP contribution is 2.33. The predicted octanol–water partition coefficient (Wildman–Crippen LogP) is 6.84. The Bertz CT molecular complexity index is 1530. The standard InChI is InChI=1S/2C15H11NO3/c2*17-11-7-5-10(6-8-11)15-9-13(16-19-15)12-3-1-2-4-14(12)18/h2*1-9,17-18H. The maximum absolute atomic E-state index is 9.77. The minimum absolute atomic E-state index is 0.160. The van der Waals surface area contributed by atoms with Crippen LogP contribution in [0.15, 0.2) is 118 Å². The minimum Gasteiger partial charge on any atom is -0.508 e. The van der Waals surface area contributed by atoms with Crippen molar-refractivity contribution < 1.29 is 29.5 Å². The van der Waals surface area contributed by atoms with Crippen LogP contribution in [0, 0.1) is 0 Å². The molecule has 0 aliphatic heterocycles. The SMILES string of the molecule is Oc1ccc(-c2cc(-c3ccccc3O)no2)cc1.Oc1ccc(-c2cc(-c3ccccc3O)no2)cc1. The van der Waals surface area contributed by atoms with E-state index in [-0.39, 0.29) is 23.0 Å². The molecule has 0 saturated carbocycles. The van der Waals surface area contributed by atoms with E-state index in [4.69, 9.17) is 9.05 Å². The summed E-state index contributed by atoms with van der Waals surface area (Å²) in [5.41, 5.74) is 4.01. The van der Waals surface area contributed by atoms with Gasteiger partial charge in [-0.1, -0.05) is 34.6 Å². The van der Waals surface area contributed by atoms with Gasteiger partial charge in [0.15, 0.2) is 11.5 Å². The molecule has 8 heteroatoms. The number of phenols is 4. The fraction of sp³-hybridized carbons (Fsp3) is 0. The Morgan fingerprint density at radius 2 is 0.816 bits per heavy atom. The lowest BCUT2D eigenvalue weighted by atomic mass is 10.1. The summed E-state index contributed by atoms with van der Waals surface area (Å²) in [6.07, 6.45) is 0. The van der Waals surface area contributed by atoms with E-state index in [2.05, 4.69) is 10.3 Å². The molecule has 6 rings (SSSR count). The highest BCUT2D eigenvalue weighted by atomic mass is 16.5. The fourth-order valence-electron chi connectivity index (χ4n) is 3.71. The number of rotatable bonds is 4. The Hall–Kier alpha value is -5.50. The van der Waals surface area contributed by atoms with Crippen molar-refractivity contribution in [3.8, 4) is 68.2 Å². The van der Waals surface area contributed by atoms with Gasteiger partial charge in [0.1, 0.15) is 34.4 Å². The lowest BCUT2D eigenvalue weighted by Crippen LogP contribution is -1.77. The van der Waals surface area contributed by atoms with Gasteiger partial charge in [-0.05, 0) is 72.8 Å². The zero-order valence-corrected chi connectivity index (χ0v) is 19.9. The van der Waals surface area contributed by atoms with Crippen LogP contribution >= 0.6 is 0 Å². The molecule has 6 aromatic rings. The summed E-state index contributed by atoms with van der Waals surface area (Å²) in [7, 11) is 0. The topological polar surface area (TPSA) is 133 Å². The number of hydrogen-bond acceptors (Lipinski definition) is 8. The van der Waals surface area contributed by atoms with E-state index in [0.717, 1.165) is 11.1 Å². The normalized spacial score (nSPS) is 10.5. The van der Waals surface area contributed by atoms with Crippen molar-refractivity contribution in [2.75, 3.05) is 0 Å². The number of para-hydroxylation sites is 2. The van der Waals surface area contributed by atoms with Crippen molar-refractivity contribution in [2.45, 2.75) is 0 Å². The molecule has 2 aromatic heterocycles. The van der Waals surface area contributed by atoms with Crippen molar-refractivity contribution in [1.82, 2.24) is 10.3 Å². The molecule has 0 aliphatic rings. The van der Waals surface area contributed by atoms with Crippen LogP contribution in [0.5, 0.6) is 23.0 Å². The maximum atomic E-state index is 9.77. The Morgan fingerprint density at radius 1 is 0.447 bits per heavy atom. The van der Waals surface area contributed by atoms with E-state index in [9.17, 15) is 20.4 Å². The summed E-state index contributed by atoms with van der Waals surface area (Å²) in [5.74, 6) is 1.88. The predicted molar refractivity (Wildman–Crippen MR) is 141 cm³/mol. The van der Waals surface area contributed by atoms with Gasteiger partial charge >= 0.3 is 0 Å². The van der Waals surface area contributed by atoms with Crippen LogP contribution < -0.4 is 0 Å². The van der Waals surface area contributed by atoms with Crippen LogP contribution in [0.1, 0.15) is 0 Å². The highest BCUT2D eigenvalue weighted by Gasteiger charge is 2.12. The molecule has 38 heavy (non-hydrogen) atoms. The first-order valence-electron chi connectivity index (χ1n) is 11.6. The van der Waals surface area contributed by atoms with Gasteiger partial charge in [-0.2, -0.15) is 0 Å². The molecule has 188 valence electrons. The number of hydrogen-bond donors (Lipinski definition) is 4. The molecule has 0 spiro atoms. The van der Waals surface area contributed by atoms with Crippen molar-refractivity contribution >= 4 is 0 Å². The largest absolute Gasteiger partial charge is 0.508 e. The van der Waals surface area contributed by atoms with Gasteiger partial charge in [-0.15, -0.1) is 0 Å². The first kappa shape index (κ1) is 24.2. The first-order chi connectivity index (χ1) is 18.5. The molecular weight excluding hydrogens is 484 g/mol. The Morgan fingerprint density at radius 3 is 1.18 bits per heavy atom. The second-order valence-corrected chi connectivity index (χ2v) is 8.28. The van der Waals surface area contributed by atoms with Crippen LogP contribution in [-0.4, -0.2) is 30.7 Å². The van der Waals surface area contributed by atoms with Crippen molar-refractivity contribution in [3.63, 3.8) is 0 Å². The molecule has 0 amide bonds. The number of aromatic hydroxyl groups is 4. The van der Waals surface area contributed by atoms with E-state index >= 15 is 0 Å². The van der Waals surface area contributed by atoms with E-state index in [1.54, 1.807) is 97.1 Å². The average Bonchev–Trinajstić information content (AvgIpc) is 3.61. The summed E-state index contributed by atoms with van der Waals surface area (Å²) in [6.45, 7) is 0. The Balaban J connectivity index is 0.000000155. The molecular formula is C30H22N2O6. The Kier molecular flexibility index (Phi) is 6.77. The van der Waals surface area contributed by atoms with E-state index in [0.29, 0.717) is 34.0 Å². The van der Waals surface area contributed by atoms with Gasteiger partial charge in [-0.25, -0.2) is 0 Å². The molecule has 0 fully saturated rings. The summed E-state index contributed by atoms with van der Waals surface area (Å²) < 4.78 is 10.5. The van der Waals surface area contributed by atoms with Gasteiger partial charge in [0.05, 0.1) is 0 Å². The van der Waals surface area contributed by atoms with Gasteiger partial charge in [-0.3, -0.25) is 0 Å². The highest BCUT2D eigenvalue weighted by molar-refractivity contribution is 5.72. The minimum atomic E-state index is 0.160. The van der Waals surface area contributed by atoms with E-state index in [1.165, 1.54) is 0 Å². The average molecular weight is 507 g/mol. The van der Waals surface area contributed by atoms with Crippen LogP contribution in [0.2, 0.25) is 0 Å². The van der Waals surface area contributed by atoms with Gasteiger partial charge in [0.25, 0.3) is 0 Å². The third-order valence-corrected chi connectivity index (χ3v) is 5.68. The third-order valence-electron chi connectivity index (χ3n) is 5.68. The van der Waals surface area contributed by atoms with Crippen LogP contribution in [0.25, 0.3) is 45.2 Å². The van der Waals surface area contributed by atoms with Gasteiger partial charge in [0, 0.05) is 34.4 Å². The maximum Gasteiger partial charge on any atom is 0.167 e. The molecule has 0 unspecified atom stereocenters. The fourth-order valence-corrected chi connectivity index (χ4v) is 3.71. The monoisotopic (exact) mass is 506 g/mol. The molecule has 0 atom stereocenters. The molecule has 0 saturated heterocycles. The summed E-state index contributed by atoms with van der Waals surface area (Å²) >= 11 is 0. The third kappa shape index (κ3) is 5.34.